The average Bonchev–Trinajstić information content (AvgIpc) is 2.41. The molecule has 2 aliphatic rings. The van der Waals surface area contributed by atoms with Gasteiger partial charge in [0.25, 0.3) is 0 Å². The molecule has 2 fully saturated rings. The van der Waals surface area contributed by atoms with Crippen LogP contribution in [0.15, 0.2) is 0 Å². The van der Waals surface area contributed by atoms with Gasteiger partial charge in [0.05, 0.1) is 0 Å². The number of amides is 1. The summed E-state index contributed by atoms with van der Waals surface area (Å²) in [6, 6.07) is -1.09. The second-order valence-corrected chi connectivity index (χ2v) is 8.73. The Balaban J connectivity index is 2.48. The molecule has 2 aliphatic heterocycles. The summed E-state index contributed by atoms with van der Waals surface area (Å²) in [5.74, 6) is -1.11. The third kappa shape index (κ3) is 1.53. The summed E-state index contributed by atoms with van der Waals surface area (Å²) in [7, 11) is -3.62. The molecule has 6 nitrogen and oxygen atoms in total. The van der Waals surface area contributed by atoms with Crippen LogP contribution >= 0.6 is 31.9 Å². The monoisotopic (exact) mass is 403 g/mol. The van der Waals surface area contributed by atoms with Crippen LogP contribution in [0.2, 0.25) is 0 Å². The summed E-state index contributed by atoms with van der Waals surface area (Å²) >= 11 is 5.98. The topological polar surface area (TPSA) is 80.8 Å². The van der Waals surface area contributed by atoms with Crippen LogP contribution in [0.25, 0.3) is 0 Å². The number of esters is 1. The standard InChI is InChI=1S/C9H11Br2NO5S/c1-9(2)5(8(14)17-3-10)12-6(13)4(11)7(12)18(9,15)16/h4-5,7H,3H2,1-2H3/t4-,5-,7+/m0/s1. The number of β-lactam (4-membered cyclic amide) rings is 1. The maximum Gasteiger partial charge on any atom is 0.331 e. The Morgan fingerprint density at radius 1 is 1.50 bits per heavy atom. The maximum atomic E-state index is 12.3. The van der Waals surface area contributed by atoms with E-state index in [1.807, 2.05) is 0 Å². The molecule has 0 radical (unpaired) electrons. The number of alkyl halides is 2. The largest absolute Gasteiger partial charge is 0.452 e. The highest BCUT2D eigenvalue weighted by atomic mass is 79.9. The normalized spacial score (nSPS) is 35.9. The molecule has 0 aromatic carbocycles. The van der Waals surface area contributed by atoms with E-state index in [9.17, 15) is 18.0 Å². The lowest BCUT2D eigenvalue weighted by molar-refractivity contribution is -0.159. The van der Waals surface area contributed by atoms with Crippen molar-refractivity contribution in [3.63, 3.8) is 0 Å². The SMILES string of the molecule is CC1(C)[C@H](C(=O)OCBr)N2C(=O)[C@H](Br)[C@H]2S1(=O)=O. The first-order valence-corrected chi connectivity index (χ1v) is 8.68. The predicted octanol–water partition coefficient (Wildman–Crippen LogP) is 0.389. The predicted molar refractivity (Wildman–Crippen MR) is 70.0 cm³/mol. The molecule has 2 rings (SSSR count). The minimum Gasteiger partial charge on any atom is -0.452 e. The van der Waals surface area contributed by atoms with E-state index in [0.29, 0.717) is 0 Å². The van der Waals surface area contributed by atoms with Gasteiger partial charge in [-0.05, 0) is 29.8 Å². The third-order valence-corrected chi connectivity index (χ3v) is 7.72. The molecule has 0 aromatic heterocycles. The lowest BCUT2D eigenvalue weighted by Crippen LogP contribution is -2.64. The van der Waals surface area contributed by atoms with Gasteiger partial charge in [0, 0.05) is 0 Å². The van der Waals surface area contributed by atoms with Gasteiger partial charge in [-0.3, -0.25) is 4.79 Å². The van der Waals surface area contributed by atoms with Gasteiger partial charge >= 0.3 is 5.97 Å². The lowest BCUT2D eigenvalue weighted by atomic mass is 9.98. The molecule has 0 unspecified atom stereocenters. The van der Waals surface area contributed by atoms with Crippen LogP contribution < -0.4 is 0 Å². The summed E-state index contributed by atoms with van der Waals surface area (Å²) in [6.45, 7) is 2.88. The van der Waals surface area contributed by atoms with Crippen molar-refractivity contribution in [1.29, 1.82) is 0 Å². The van der Waals surface area contributed by atoms with Gasteiger partial charge in [-0.15, -0.1) is 0 Å². The van der Waals surface area contributed by atoms with Gasteiger partial charge in [0.2, 0.25) is 5.91 Å². The zero-order valence-electron chi connectivity index (χ0n) is 9.59. The van der Waals surface area contributed by atoms with Crippen LogP contribution in [0, 0.1) is 0 Å². The molecule has 2 heterocycles. The molecule has 9 heteroatoms. The minimum atomic E-state index is -3.62. The zero-order chi connectivity index (χ0) is 13.9. The first-order chi connectivity index (χ1) is 8.17. The van der Waals surface area contributed by atoms with Crippen molar-refractivity contribution in [1.82, 2.24) is 4.90 Å². The second kappa shape index (κ2) is 4.17. The Labute approximate surface area is 121 Å². The summed E-state index contributed by atoms with van der Waals surface area (Å²) < 4.78 is 28.1. The van der Waals surface area contributed by atoms with Crippen molar-refractivity contribution in [2.75, 3.05) is 5.52 Å². The molecule has 0 aliphatic carbocycles. The van der Waals surface area contributed by atoms with Crippen LogP contribution in [-0.4, -0.2) is 51.7 Å². The van der Waals surface area contributed by atoms with Gasteiger partial charge < -0.3 is 9.64 Å². The number of fused-ring (bicyclic) bond motifs is 1. The summed E-state index contributed by atoms with van der Waals surface area (Å²) in [6.07, 6.45) is 0. The minimum absolute atomic E-state index is 0.0388. The Morgan fingerprint density at radius 2 is 2.06 bits per heavy atom. The molecule has 0 spiro atoms. The van der Waals surface area contributed by atoms with Crippen molar-refractivity contribution in [3.05, 3.63) is 0 Å². The average molecular weight is 405 g/mol. The smallest absolute Gasteiger partial charge is 0.331 e. The van der Waals surface area contributed by atoms with Crippen LogP contribution in [0.4, 0.5) is 0 Å². The Kier molecular flexibility index (Phi) is 3.31. The van der Waals surface area contributed by atoms with Gasteiger partial charge in [0.1, 0.15) is 21.1 Å². The third-order valence-electron chi connectivity index (χ3n) is 3.42. The van der Waals surface area contributed by atoms with E-state index in [2.05, 4.69) is 31.9 Å². The summed E-state index contributed by atoms with van der Waals surface area (Å²) in [5, 5.41) is -0.979. The van der Waals surface area contributed by atoms with Gasteiger partial charge in [0.15, 0.2) is 15.2 Å². The molecule has 0 aromatic rings. The molecule has 3 atom stereocenters. The molecular weight excluding hydrogens is 394 g/mol. The quantitative estimate of drug-likeness (QED) is 0.377. The number of sulfone groups is 1. The number of carbonyl (C=O) groups is 2. The maximum absolute atomic E-state index is 12.3. The lowest BCUT2D eigenvalue weighted by Gasteiger charge is -2.40. The van der Waals surface area contributed by atoms with Crippen molar-refractivity contribution in [2.24, 2.45) is 0 Å². The number of hydrogen-bond acceptors (Lipinski definition) is 5. The van der Waals surface area contributed by atoms with E-state index in [-0.39, 0.29) is 5.52 Å². The van der Waals surface area contributed by atoms with Crippen LogP contribution in [0.3, 0.4) is 0 Å². The van der Waals surface area contributed by atoms with Crippen LogP contribution in [0.1, 0.15) is 13.8 Å². The second-order valence-electron chi connectivity index (χ2n) is 4.66. The Bertz CT molecular complexity index is 517. The molecule has 0 saturated carbocycles. The number of nitrogens with zero attached hydrogens (tertiary/aromatic N) is 1. The summed E-state index contributed by atoms with van der Waals surface area (Å²) in [5.41, 5.74) is -0.0388. The van der Waals surface area contributed by atoms with E-state index in [1.165, 1.54) is 13.8 Å². The molecule has 0 N–H and O–H groups in total. The van der Waals surface area contributed by atoms with Crippen molar-refractivity contribution in [2.45, 2.75) is 34.8 Å². The van der Waals surface area contributed by atoms with Gasteiger partial charge in [-0.25, -0.2) is 13.2 Å². The first kappa shape index (κ1) is 14.3. The first-order valence-electron chi connectivity index (χ1n) is 5.10. The number of ether oxygens (including phenoxy) is 1. The highest BCUT2D eigenvalue weighted by Gasteiger charge is 2.71. The van der Waals surface area contributed by atoms with E-state index >= 15 is 0 Å². The summed E-state index contributed by atoms with van der Waals surface area (Å²) in [4.78, 5) is 23.9. The molecule has 102 valence electrons. The van der Waals surface area contributed by atoms with Gasteiger partial charge in [-0.2, -0.15) is 0 Å². The molecular formula is C9H11Br2NO5S. The van der Waals surface area contributed by atoms with Crippen molar-refractivity contribution < 1.29 is 22.7 Å². The fourth-order valence-electron chi connectivity index (χ4n) is 2.36. The molecule has 18 heavy (non-hydrogen) atoms. The molecule has 1 amide bonds. The highest BCUT2D eigenvalue weighted by molar-refractivity contribution is 9.10. The fraction of sp³-hybridized carbons (Fsp3) is 0.778. The number of hydrogen-bond donors (Lipinski definition) is 0. The van der Waals surface area contributed by atoms with E-state index in [1.54, 1.807) is 0 Å². The number of rotatable bonds is 2. The van der Waals surface area contributed by atoms with E-state index in [0.717, 1.165) is 4.90 Å². The highest BCUT2D eigenvalue weighted by Crippen LogP contribution is 2.48. The number of halogens is 2. The molecule has 2 saturated heterocycles. The van der Waals surface area contributed by atoms with Crippen molar-refractivity contribution >= 4 is 53.6 Å². The van der Waals surface area contributed by atoms with Crippen LogP contribution in [0.5, 0.6) is 0 Å². The number of carbonyl (C=O) groups excluding carboxylic acids is 2. The van der Waals surface area contributed by atoms with Gasteiger partial charge in [-0.1, -0.05) is 15.9 Å². The molecule has 0 bridgehead atoms. The Morgan fingerprint density at radius 3 is 2.56 bits per heavy atom. The van der Waals surface area contributed by atoms with Crippen LogP contribution in [-0.2, 0) is 24.2 Å². The fourth-order valence-corrected chi connectivity index (χ4v) is 6.03. The zero-order valence-corrected chi connectivity index (χ0v) is 13.6. The van der Waals surface area contributed by atoms with Crippen molar-refractivity contribution in [3.8, 4) is 0 Å². The van der Waals surface area contributed by atoms with E-state index < -0.39 is 42.7 Å². The Hall–Kier alpha value is -0.150. The van der Waals surface area contributed by atoms with E-state index in [4.69, 9.17) is 4.74 Å².